The molecule has 0 bridgehead atoms. The van der Waals surface area contributed by atoms with Gasteiger partial charge in [0, 0.05) is 13.1 Å². The summed E-state index contributed by atoms with van der Waals surface area (Å²) in [4.78, 5) is 48.9. The Morgan fingerprint density at radius 1 is 1.12 bits per heavy atom. The van der Waals surface area contributed by atoms with Crippen molar-refractivity contribution in [1.29, 1.82) is 0 Å². The van der Waals surface area contributed by atoms with E-state index in [1.807, 2.05) is 0 Å². The highest BCUT2D eigenvalue weighted by Crippen LogP contribution is 2.24. The van der Waals surface area contributed by atoms with Crippen LogP contribution in [-0.4, -0.2) is 60.3 Å². The van der Waals surface area contributed by atoms with Gasteiger partial charge < -0.3 is 15.4 Å². The molecule has 1 aliphatic heterocycles. The highest BCUT2D eigenvalue weighted by molar-refractivity contribution is 6.22. The molecule has 25 heavy (non-hydrogen) atoms. The van der Waals surface area contributed by atoms with Gasteiger partial charge in [0.05, 0.1) is 17.0 Å². The van der Waals surface area contributed by atoms with Crippen LogP contribution in [-0.2, 0) is 9.53 Å². The Balaban J connectivity index is 1.84. The number of hydrogen-bond acceptors (Lipinski definition) is 5. The second-order valence-electron chi connectivity index (χ2n) is 5.24. The maximum atomic E-state index is 12.3. The van der Waals surface area contributed by atoms with Crippen molar-refractivity contribution in [2.75, 3.05) is 25.6 Å². The number of ether oxygens (including phenoxy) is 1. The van der Waals surface area contributed by atoms with E-state index in [1.165, 1.54) is 6.92 Å². The smallest absolute Gasteiger partial charge is 0.407 e. The average Bonchev–Trinajstić information content (AvgIpc) is 2.87. The highest BCUT2D eigenvalue weighted by Gasteiger charge is 2.40. The minimum absolute atomic E-state index is 0.0938. The molecule has 0 spiro atoms. The van der Waals surface area contributed by atoms with E-state index in [4.69, 9.17) is 16.3 Å². The lowest BCUT2D eigenvalue weighted by atomic mass is 10.1. The molecule has 0 saturated carbocycles. The molecule has 1 aromatic rings. The predicted octanol–water partition coefficient (Wildman–Crippen LogP) is 0.752. The molecule has 0 aliphatic carbocycles. The van der Waals surface area contributed by atoms with Crippen molar-refractivity contribution in [2.24, 2.45) is 0 Å². The van der Waals surface area contributed by atoms with E-state index in [-0.39, 0.29) is 36.7 Å². The van der Waals surface area contributed by atoms with Gasteiger partial charge in [0.15, 0.2) is 0 Å². The average molecular weight is 368 g/mol. The Morgan fingerprint density at radius 3 is 2.24 bits per heavy atom. The molecule has 2 N–H and O–H groups in total. The highest BCUT2D eigenvalue weighted by atomic mass is 35.5. The van der Waals surface area contributed by atoms with E-state index in [2.05, 4.69) is 10.6 Å². The van der Waals surface area contributed by atoms with Crippen LogP contribution in [0.3, 0.4) is 0 Å². The third-order valence-corrected chi connectivity index (χ3v) is 3.75. The number of nitrogens with one attached hydrogen (secondary N) is 2. The number of alkyl halides is 1. The first kappa shape index (κ1) is 18.7. The fraction of sp³-hybridized carbons (Fsp3) is 0.375. The summed E-state index contributed by atoms with van der Waals surface area (Å²) in [6, 6.07) is 5.46. The largest absolute Gasteiger partial charge is 0.448 e. The molecule has 1 aromatic carbocycles. The SMILES string of the molecule is CC(C(=O)NCCNC(=O)OCCCl)N1C(=O)c2ccccc2C1=O. The van der Waals surface area contributed by atoms with Gasteiger partial charge in [0.2, 0.25) is 5.91 Å². The Morgan fingerprint density at radius 2 is 1.68 bits per heavy atom. The summed E-state index contributed by atoms with van der Waals surface area (Å²) in [6.45, 7) is 1.83. The lowest BCUT2D eigenvalue weighted by Gasteiger charge is -2.21. The quantitative estimate of drug-likeness (QED) is 0.420. The van der Waals surface area contributed by atoms with Gasteiger partial charge in [-0.2, -0.15) is 0 Å². The number of alkyl carbamates (subject to hydrolysis) is 1. The molecule has 0 radical (unpaired) electrons. The predicted molar refractivity (Wildman–Crippen MR) is 89.5 cm³/mol. The van der Waals surface area contributed by atoms with E-state index >= 15 is 0 Å². The molecule has 4 amide bonds. The number of imide groups is 1. The second-order valence-corrected chi connectivity index (χ2v) is 5.62. The first-order chi connectivity index (χ1) is 12.0. The molecule has 1 heterocycles. The molecule has 0 aromatic heterocycles. The molecule has 1 aliphatic rings. The number of halogens is 1. The fourth-order valence-corrected chi connectivity index (χ4v) is 2.43. The molecule has 1 unspecified atom stereocenters. The maximum Gasteiger partial charge on any atom is 0.407 e. The van der Waals surface area contributed by atoms with Gasteiger partial charge in [0.25, 0.3) is 11.8 Å². The zero-order valence-electron chi connectivity index (χ0n) is 13.6. The van der Waals surface area contributed by atoms with Crippen LogP contribution in [0.15, 0.2) is 24.3 Å². The summed E-state index contributed by atoms with van der Waals surface area (Å²) < 4.78 is 4.70. The Bertz CT molecular complexity index is 659. The van der Waals surface area contributed by atoms with E-state index in [1.54, 1.807) is 24.3 Å². The van der Waals surface area contributed by atoms with Gasteiger partial charge in [-0.15, -0.1) is 11.6 Å². The lowest BCUT2D eigenvalue weighted by Crippen LogP contribution is -2.49. The summed E-state index contributed by atoms with van der Waals surface area (Å²) >= 11 is 5.38. The Hall–Kier alpha value is -2.61. The van der Waals surface area contributed by atoms with E-state index < -0.39 is 29.9 Å². The molecule has 8 nitrogen and oxygen atoms in total. The summed E-state index contributed by atoms with van der Waals surface area (Å²) in [6.07, 6.45) is -0.636. The number of benzene rings is 1. The third kappa shape index (κ3) is 4.27. The van der Waals surface area contributed by atoms with Crippen LogP contribution in [0.25, 0.3) is 0 Å². The van der Waals surface area contributed by atoms with Crippen LogP contribution in [0, 0.1) is 0 Å². The molecular weight excluding hydrogens is 350 g/mol. The van der Waals surface area contributed by atoms with E-state index in [9.17, 15) is 19.2 Å². The van der Waals surface area contributed by atoms with Crippen LogP contribution >= 0.6 is 11.6 Å². The van der Waals surface area contributed by atoms with Crippen molar-refractivity contribution in [1.82, 2.24) is 15.5 Å². The van der Waals surface area contributed by atoms with Crippen LogP contribution in [0.2, 0.25) is 0 Å². The first-order valence-electron chi connectivity index (χ1n) is 7.68. The van der Waals surface area contributed by atoms with Crippen LogP contribution in [0.4, 0.5) is 4.79 Å². The number of amides is 4. The fourth-order valence-electron chi connectivity index (χ4n) is 2.36. The molecule has 2 rings (SSSR count). The van der Waals surface area contributed by atoms with Gasteiger partial charge in [-0.1, -0.05) is 12.1 Å². The third-order valence-electron chi connectivity index (χ3n) is 3.60. The minimum atomic E-state index is -0.962. The van der Waals surface area contributed by atoms with Gasteiger partial charge in [0.1, 0.15) is 12.6 Å². The molecule has 134 valence electrons. The van der Waals surface area contributed by atoms with Crippen molar-refractivity contribution in [3.8, 4) is 0 Å². The summed E-state index contributed by atoms with van der Waals surface area (Å²) in [5.41, 5.74) is 0.576. The van der Waals surface area contributed by atoms with Crippen LogP contribution in [0.1, 0.15) is 27.6 Å². The monoisotopic (exact) mass is 367 g/mol. The molecule has 1 atom stereocenters. The number of carbonyl (C=O) groups is 4. The second kappa shape index (κ2) is 8.48. The van der Waals surface area contributed by atoms with Gasteiger partial charge >= 0.3 is 6.09 Å². The van der Waals surface area contributed by atoms with Gasteiger partial charge in [-0.25, -0.2) is 4.79 Å². The van der Waals surface area contributed by atoms with Crippen molar-refractivity contribution in [3.63, 3.8) is 0 Å². The Labute approximate surface area is 149 Å². The zero-order valence-corrected chi connectivity index (χ0v) is 14.3. The van der Waals surface area contributed by atoms with Gasteiger partial charge in [-0.3, -0.25) is 19.3 Å². The summed E-state index contributed by atoms with van der Waals surface area (Å²) in [7, 11) is 0. The minimum Gasteiger partial charge on any atom is -0.448 e. The van der Waals surface area contributed by atoms with Crippen molar-refractivity contribution < 1.29 is 23.9 Å². The summed E-state index contributed by atoms with van der Waals surface area (Å²) in [5.74, 6) is -1.29. The Kier molecular flexibility index (Phi) is 6.35. The number of rotatable bonds is 7. The number of carbonyl (C=O) groups excluding carboxylic acids is 4. The molecule has 0 saturated heterocycles. The van der Waals surface area contributed by atoms with E-state index in [0.717, 1.165) is 4.90 Å². The maximum absolute atomic E-state index is 12.3. The van der Waals surface area contributed by atoms with Crippen LogP contribution < -0.4 is 10.6 Å². The lowest BCUT2D eigenvalue weighted by molar-refractivity contribution is -0.124. The molecular formula is C16H18ClN3O5. The number of fused-ring (bicyclic) bond motifs is 1. The zero-order chi connectivity index (χ0) is 18.4. The van der Waals surface area contributed by atoms with E-state index in [0.29, 0.717) is 0 Å². The standard InChI is InChI=1S/C16H18ClN3O5/c1-10(13(21)18-7-8-19-16(24)25-9-6-17)20-14(22)11-4-2-3-5-12(11)15(20)23/h2-5,10H,6-9H2,1H3,(H,18,21)(H,19,24). The first-order valence-corrected chi connectivity index (χ1v) is 8.22. The number of hydrogen-bond donors (Lipinski definition) is 2. The van der Waals surface area contributed by atoms with Crippen molar-refractivity contribution in [2.45, 2.75) is 13.0 Å². The van der Waals surface area contributed by atoms with Crippen LogP contribution in [0.5, 0.6) is 0 Å². The molecule has 9 heteroatoms. The number of nitrogens with zero attached hydrogens (tertiary/aromatic N) is 1. The van der Waals surface area contributed by atoms with Crippen molar-refractivity contribution in [3.05, 3.63) is 35.4 Å². The summed E-state index contributed by atoms with van der Waals surface area (Å²) in [5, 5.41) is 4.99. The van der Waals surface area contributed by atoms with Crippen molar-refractivity contribution >= 4 is 35.4 Å². The topological polar surface area (TPSA) is 105 Å². The van der Waals surface area contributed by atoms with Gasteiger partial charge in [-0.05, 0) is 19.1 Å². The molecule has 0 fully saturated rings. The normalized spacial score (nSPS) is 14.1.